The van der Waals surface area contributed by atoms with E-state index < -0.39 is 0 Å². The molecule has 1 aromatic heterocycles. The van der Waals surface area contributed by atoms with Crippen molar-refractivity contribution in [1.29, 1.82) is 0 Å². The molecule has 90 valence electrons. The van der Waals surface area contributed by atoms with Crippen molar-refractivity contribution >= 4 is 39.9 Å². The number of nitrogen functional groups attached to an aromatic ring is 1. The maximum atomic E-state index is 6.15. The van der Waals surface area contributed by atoms with E-state index in [0.717, 1.165) is 16.6 Å². The van der Waals surface area contributed by atoms with E-state index in [1.165, 1.54) is 0 Å². The quantitative estimate of drug-likeness (QED) is 0.658. The minimum absolute atomic E-state index is 0.603. The molecular formula is C13H9Cl2N3. The number of hydrogen-bond acceptors (Lipinski definition) is 2. The van der Waals surface area contributed by atoms with Gasteiger partial charge >= 0.3 is 0 Å². The van der Waals surface area contributed by atoms with Gasteiger partial charge in [0.1, 0.15) is 5.82 Å². The van der Waals surface area contributed by atoms with Crippen LogP contribution < -0.4 is 5.73 Å². The number of hydrogen-bond donors (Lipinski definition) is 2. The highest BCUT2D eigenvalue weighted by Crippen LogP contribution is 2.30. The molecule has 0 radical (unpaired) electrons. The van der Waals surface area contributed by atoms with Gasteiger partial charge in [-0.25, -0.2) is 4.98 Å². The fourth-order valence-electron chi connectivity index (χ4n) is 1.83. The third kappa shape index (κ3) is 1.92. The predicted octanol–water partition coefficient (Wildman–Crippen LogP) is 4.12. The van der Waals surface area contributed by atoms with Gasteiger partial charge in [-0.1, -0.05) is 23.2 Å². The molecule has 2 aromatic carbocycles. The van der Waals surface area contributed by atoms with Crippen LogP contribution in [0.2, 0.25) is 10.0 Å². The molecule has 3 aromatic rings. The number of nitrogens with two attached hydrogens (primary N) is 1. The number of nitrogens with zero attached hydrogens (tertiary/aromatic N) is 1. The van der Waals surface area contributed by atoms with Crippen LogP contribution in [0.25, 0.3) is 22.4 Å². The number of aromatic nitrogens is 2. The van der Waals surface area contributed by atoms with Crippen molar-refractivity contribution in [2.24, 2.45) is 0 Å². The Morgan fingerprint density at radius 2 is 1.89 bits per heavy atom. The number of fused-ring (bicyclic) bond motifs is 1. The van der Waals surface area contributed by atoms with Crippen molar-refractivity contribution < 1.29 is 0 Å². The van der Waals surface area contributed by atoms with E-state index in [9.17, 15) is 0 Å². The van der Waals surface area contributed by atoms with Gasteiger partial charge in [-0.2, -0.15) is 0 Å². The van der Waals surface area contributed by atoms with Crippen molar-refractivity contribution in [1.82, 2.24) is 9.97 Å². The van der Waals surface area contributed by atoms with Crippen LogP contribution in [0.15, 0.2) is 36.4 Å². The highest BCUT2D eigenvalue weighted by atomic mass is 35.5. The van der Waals surface area contributed by atoms with Crippen molar-refractivity contribution in [3.8, 4) is 11.4 Å². The van der Waals surface area contributed by atoms with E-state index in [0.29, 0.717) is 21.6 Å². The molecular weight excluding hydrogens is 269 g/mol. The molecule has 0 spiro atoms. The number of benzene rings is 2. The van der Waals surface area contributed by atoms with Gasteiger partial charge in [0.05, 0.1) is 16.1 Å². The molecule has 5 heteroatoms. The van der Waals surface area contributed by atoms with Crippen molar-refractivity contribution in [2.45, 2.75) is 0 Å². The number of imidazole rings is 1. The third-order valence-electron chi connectivity index (χ3n) is 2.69. The van der Waals surface area contributed by atoms with E-state index in [-0.39, 0.29) is 0 Å². The van der Waals surface area contributed by atoms with Gasteiger partial charge in [-0.15, -0.1) is 0 Å². The highest BCUT2D eigenvalue weighted by molar-refractivity contribution is 6.35. The summed E-state index contributed by atoms with van der Waals surface area (Å²) in [4.78, 5) is 7.66. The van der Waals surface area contributed by atoms with Gasteiger partial charge in [0, 0.05) is 16.3 Å². The summed E-state index contributed by atoms with van der Waals surface area (Å²) in [5, 5.41) is 1.22. The Kier molecular flexibility index (Phi) is 2.65. The maximum Gasteiger partial charge on any atom is 0.140 e. The van der Waals surface area contributed by atoms with Crippen LogP contribution in [-0.2, 0) is 0 Å². The Balaban J connectivity index is 2.22. The fraction of sp³-hybridized carbons (Fsp3) is 0. The number of anilines is 1. The second-order valence-corrected chi connectivity index (χ2v) is 4.83. The van der Waals surface area contributed by atoms with Gasteiger partial charge in [0.15, 0.2) is 0 Å². The third-order valence-corrected chi connectivity index (χ3v) is 3.25. The minimum Gasteiger partial charge on any atom is -0.399 e. The minimum atomic E-state index is 0.603. The van der Waals surface area contributed by atoms with Gasteiger partial charge in [0.25, 0.3) is 0 Å². The Hall–Kier alpha value is -1.71. The van der Waals surface area contributed by atoms with Gasteiger partial charge in [0.2, 0.25) is 0 Å². The lowest BCUT2D eigenvalue weighted by Gasteiger charge is -2.00. The molecule has 0 aliphatic carbocycles. The SMILES string of the molecule is Nc1ccc2nc(-c3cc(Cl)ccc3Cl)[nH]c2c1. The molecule has 1 heterocycles. The summed E-state index contributed by atoms with van der Waals surface area (Å²) in [5.41, 5.74) is 8.92. The number of rotatable bonds is 1. The predicted molar refractivity (Wildman–Crippen MR) is 76.0 cm³/mol. The van der Waals surface area contributed by atoms with Crippen LogP contribution in [-0.4, -0.2) is 9.97 Å². The van der Waals surface area contributed by atoms with E-state index in [1.807, 2.05) is 18.2 Å². The molecule has 0 aliphatic heterocycles. The zero-order valence-electron chi connectivity index (χ0n) is 9.24. The lowest BCUT2D eigenvalue weighted by atomic mass is 10.2. The molecule has 3 rings (SSSR count). The average molecular weight is 278 g/mol. The van der Waals surface area contributed by atoms with Gasteiger partial charge in [-0.3, -0.25) is 0 Å². The van der Waals surface area contributed by atoms with Crippen molar-refractivity contribution in [3.05, 3.63) is 46.4 Å². The zero-order chi connectivity index (χ0) is 12.7. The van der Waals surface area contributed by atoms with Crippen LogP contribution in [0.3, 0.4) is 0 Å². The maximum absolute atomic E-state index is 6.15. The Labute approximate surface area is 114 Å². The molecule has 0 amide bonds. The second kappa shape index (κ2) is 4.19. The molecule has 0 aliphatic rings. The second-order valence-electron chi connectivity index (χ2n) is 3.99. The van der Waals surface area contributed by atoms with E-state index in [2.05, 4.69) is 9.97 Å². The summed E-state index contributed by atoms with van der Waals surface area (Å²) in [5.74, 6) is 0.683. The van der Waals surface area contributed by atoms with Crippen molar-refractivity contribution in [3.63, 3.8) is 0 Å². The molecule has 0 saturated heterocycles. The first-order valence-electron chi connectivity index (χ1n) is 5.34. The van der Waals surface area contributed by atoms with E-state index >= 15 is 0 Å². The zero-order valence-corrected chi connectivity index (χ0v) is 10.8. The number of halogens is 2. The molecule has 3 N–H and O–H groups in total. The molecule has 3 nitrogen and oxygen atoms in total. The summed E-state index contributed by atoms with van der Waals surface area (Å²) in [6, 6.07) is 10.8. The van der Waals surface area contributed by atoms with Crippen molar-refractivity contribution in [2.75, 3.05) is 5.73 Å². The van der Waals surface area contributed by atoms with Crippen LogP contribution >= 0.6 is 23.2 Å². The van der Waals surface area contributed by atoms with Gasteiger partial charge < -0.3 is 10.7 Å². The lowest BCUT2D eigenvalue weighted by molar-refractivity contribution is 1.34. The fourth-order valence-corrected chi connectivity index (χ4v) is 2.21. The van der Waals surface area contributed by atoms with Crippen LogP contribution in [0.4, 0.5) is 5.69 Å². The molecule has 0 saturated carbocycles. The Bertz CT molecular complexity index is 734. The normalized spacial score (nSPS) is 11.0. The Morgan fingerprint density at radius 3 is 2.72 bits per heavy atom. The molecule has 0 bridgehead atoms. The first-order valence-corrected chi connectivity index (χ1v) is 6.10. The summed E-state index contributed by atoms with van der Waals surface area (Å²) < 4.78 is 0. The summed E-state index contributed by atoms with van der Waals surface area (Å²) in [6.45, 7) is 0. The smallest absolute Gasteiger partial charge is 0.140 e. The lowest BCUT2D eigenvalue weighted by Crippen LogP contribution is -1.82. The van der Waals surface area contributed by atoms with Crippen LogP contribution in [0, 0.1) is 0 Å². The molecule has 0 unspecified atom stereocenters. The first-order chi connectivity index (χ1) is 8.63. The van der Waals surface area contributed by atoms with E-state index in [1.54, 1.807) is 18.2 Å². The van der Waals surface area contributed by atoms with Crippen LogP contribution in [0.1, 0.15) is 0 Å². The summed E-state index contributed by atoms with van der Waals surface area (Å²) >= 11 is 12.1. The standard InChI is InChI=1S/C13H9Cl2N3/c14-7-1-3-10(15)9(5-7)13-17-11-4-2-8(16)6-12(11)18-13/h1-6H,16H2,(H,17,18). The molecule has 18 heavy (non-hydrogen) atoms. The number of aromatic amines is 1. The summed E-state index contributed by atoms with van der Waals surface area (Å²) in [7, 11) is 0. The number of nitrogens with one attached hydrogen (secondary N) is 1. The summed E-state index contributed by atoms with van der Waals surface area (Å²) in [6.07, 6.45) is 0. The monoisotopic (exact) mass is 277 g/mol. The topological polar surface area (TPSA) is 54.7 Å². The number of H-pyrrole nitrogens is 1. The molecule has 0 atom stereocenters. The van der Waals surface area contributed by atoms with Gasteiger partial charge in [-0.05, 0) is 36.4 Å². The Morgan fingerprint density at radius 1 is 1.06 bits per heavy atom. The largest absolute Gasteiger partial charge is 0.399 e. The molecule has 0 fully saturated rings. The average Bonchev–Trinajstić information content (AvgIpc) is 2.74. The first kappa shape index (κ1) is 11.4. The highest BCUT2D eigenvalue weighted by Gasteiger charge is 2.09. The van der Waals surface area contributed by atoms with Crippen LogP contribution in [0.5, 0.6) is 0 Å². The van der Waals surface area contributed by atoms with E-state index in [4.69, 9.17) is 28.9 Å².